The maximum atomic E-state index is 10.4. The maximum absolute atomic E-state index is 10.4. The van der Waals surface area contributed by atoms with Gasteiger partial charge in [-0.05, 0) is 26.7 Å². The highest BCUT2D eigenvalue weighted by atomic mass is 16.5. The van der Waals surface area contributed by atoms with E-state index in [1.54, 1.807) is 6.92 Å². The molecule has 0 aliphatic heterocycles. The summed E-state index contributed by atoms with van der Waals surface area (Å²) in [6, 6.07) is 0. The molecule has 0 aromatic carbocycles. The van der Waals surface area contributed by atoms with Crippen molar-refractivity contribution >= 4 is 24.5 Å². The molecule has 8 heteroatoms. The zero-order chi connectivity index (χ0) is 18.7. The number of ether oxygens (including phenoxy) is 1. The Morgan fingerprint density at radius 1 is 1.00 bits per heavy atom. The minimum absolute atomic E-state index is 0. The monoisotopic (exact) mass is 368 g/mol. The fourth-order valence-corrected chi connectivity index (χ4v) is 1.28. The summed E-state index contributed by atoms with van der Waals surface area (Å²) < 4.78 is 4.69. The van der Waals surface area contributed by atoms with E-state index in [4.69, 9.17) is 24.5 Å². The Balaban J connectivity index is -0.0000000832. The summed E-state index contributed by atoms with van der Waals surface area (Å²) in [5.41, 5.74) is 0. The fraction of sp³-hybridized carbons (Fsp3) is 0.765. The molecule has 0 rings (SSSR count). The third-order valence-electron chi connectivity index (χ3n) is 2.45. The second-order valence-corrected chi connectivity index (χ2v) is 4.95. The van der Waals surface area contributed by atoms with Crippen LogP contribution in [-0.4, -0.2) is 52.4 Å². The molecule has 25 heavy (non-hydrogen) atoms. The van der Waals surface area contributed by atoms with Crippen molar-refractivity contribution in [2.24, 2.45) is 0 Å². The van der Waals surface area contributed by atoms with Crippen molar-refractivity contribution in [1.82, 2.24) is 0 Å². The van der Waals surface area contributed by atoms with Crippen molar-refractivity contribution in [3.8, 4) is 0 Å². The van der Waals surface area contributed by atoms with Crippen LogP contribution in [-0.2, 0) is 23.9 Å². The average molecular weight is 368 g/mol. The van der Waals surface area contributed by atoms with Gasteiger partial charge in [-0.2, -0.15) is 0 Å². The highest BCUT2D eigenvalue weighted by molar-refractivity contribution is 6.20. The molecule has 0 saturated carbocycles. The van der Waals surface area contributed by atoms with E-state index < -0.39 is 11.9 Å². The molecule has 0 saturated heterocycles. The normalized spacial score (nSPS) is 10.6. The van der Waals surface area contributed by atoms with Gasteiger partial charge in [0.1, 0.15) is 0 Å². The van der Waals surface area contributed by atoms with Gasteiger partial charge in [0.25, 0.3) is 0 Å². The van der Waals surface area contributed by atoms with Crippen LogP contribution in [0.3, 0.4) is 0 Å². The van der Waals surface area contributed by atoms with Crippen molar-refractivity contribution in [2.75, 3.05) is 0 Å². The number of aliphatic hydroxyl groups excluding tert-OH is 1. The van der Waals surface area contributed by atoms with Crippen molar-refractivity contribution in [2.45, 2.75) is 85.9 Å². The number of carbonyl (C=O) groups excluding carboxylic acids is 3. The van der Waals surface area contributed by atoms with Gasteiger partial charge in [0.2, 0.25) is 12.6 Å². The molecule has 0 aromatic heterocycles. The number of aliphatic carboxylic acids is 1. The zero-order valence-corrected chi connectivity index (χ0v) is 15.0. The summed E-state index contributed by atoms with van der Waals surface area (Å²) in [5, 5.41) is 16.0. The first-order chi connectivity index (χ1) is 10.7. The molecular weight excluding hydrogens is 332 g/mol. The summed E-state index contributed by atoms with van der Waals surface area (Å²) >= 11 is 0. The van der Waals surface area contributed by atoms with Gasteiger partial charge in [0, 0.05) is 0 Å². The molecule has 0 radical (unpaired) electrons. The first kappa shape index (κ1) is 34.5. The molecule has 0 amide bonds. The number of unbranched alkanes of at least 4 members (excludes halogenated alkanes) is 2. The number of aldehydes is 2. The molecule has 0 aromatic rings. The van der Waals surface area contributed by atoms with Crippen LogP contribution < -0.4 is 0 Å². The smallest absolute Gasteiger partial charge is 0.371 e. The van der Waals surface area contributed by atoms with E-state index in [2.05, 4.69) is 13.8 Å². The van der Waals surface area contributed by atoms with Gasteiger partial charge in [-0.25, -0.2) is 9.59 Å². The molecule has 0 spiro atoms. The predicted octanol–water partition coefficient (Wildman–Crippen LogP) is 1.95. The Hall–Kier alpha value is -1.80. The summed E-state index contributed by atoms with van der Waals surface area (Å²) in [6.45, 7) is 7.81. The quantitative estimate of drug-likeness (QED) is 0.358. The Morgan fingerprint density at radius 2 is 1.40 bits per heavy atom. The van der Waals surface area contributed by atoms with Crippen molar-refractivity contribution in [1.29, 1.82) is 0 Å². The molecule has 4 N–H and O–H groups in total. The fourth-order valence-electron chi connectivity index (χ4n) is 1.28. The minimum atomic E-state index is -1.43. The lowest BCUT2D eigenvalue weighted by molar-refractivity contribution is -0.152. The van der Waals surface area contributed by atoms with E-state index in [1.807, 2.05) is 6.92 Å². The molecule has 0 aliphatic carbocycles. The van der Waals surface area contributed by atoms with Gasteiger partial charge in [-0.3, -0.25) is 9.59 Å². The molecule has 2 atom stereocenters. The Kier molecular flexibility index (Phi) is 37.4. The standard InChI is InChI=1S/C8H14O3.C6H14O.C2H2O3.CH4.H2O/c1-3-4-5-7(2)11-8(10)6-9;1-3-4-5-6(2)7;3-1-2(4)5;;/h6-7H,3-5H2,1-2H3;6-7H,3-5H2,1-2H3;1H,(H,4,5);1H4;1H2. The lowest BCUT2D eigenvalue weighted by Crippen LogP contribution is -2.15. The van der Waals surface area contributed by atoms with E-state index in [-0.39, 0.29) is 37.7 Å². The molecule has 0 aliphatic rings. The van der Waals surface area contributed by atoms with E-state index in [1.165, 1.54) is 6.42 Å². The Labute approximate surface area is 150 Å². The van der Waals surface area contributed by atoms with Gasteiger partial charge >= 0.3 is 11.9 Å². The first-order valence-corrected chi connectivity index (χ1v) is 7.76. The number of aliphatic hydroxyl groups is 1. The number of carboxylic acids is 1. The topological polar surface area (TPSA) is 149 Å². The highest BCUT2D eigenvalue weighted by Gasteiger charge is 2.06. The van der Waals surface area contributed by atoms with E-state index in [0.29, 0.717) is 0 Å². The number of hydrogen-bond donors (Lipinski definition) is 2. The maximum Gasteiger partial charge on any atom is 0.371 e. The van der Waals surface area contributed by atoms with E-state index in [9.17, 15) is 9.59 Å². The number of rotatable bonds is 9. The van der Waals surface area contributed by atoms with Crippen molar-refractivity contribution in [3.05, 3.63) is 0 Å². The molecule has 2 unspecified atom stereocenters. The summed E-state index contributed by atoms with van der Waals surface area (Å²) in [6.07, 6.45) is 6.01. The summed E-state index contributed by atoms with van der Waals surface area (Å²) in [5.74, 6) is -2.20. The molecular formula is C17H36O8. The van der Waals surface area contributed by atoms with Crippen LogP contribution in [0.2, 0.25) is 0 Å². The molecule has 0 bridgehead atoms. The van der Waals surface area contributed by atoms with Crippen LogP contribution in [0.25, 0.3) is 0 Å². The lowest BCUT2D eigenvalue weighted by Gasteiger charge is -2.09. The minimum Gasteiger partial charge on any atom is -0.476 e. The molecule has 0 heterocycles. The van der Waals surface area contributed by atoms with Gasteiger partial charge in [-0.1, -0.05) is 47.0 Å². The SMILES string of the molecule is C.CCCCC(C)O.CCCCC(C)OC(=O)C=O.O.O=CC(=O)O. The molecule has 8 nitrogen and oxygen atoms in total. The second-order valence-electron chi connectivity index (χ2n) is 4.95. The van der Waals surface area contributed by atoms with Gasteiger partial charge in [0.05, 0.1) is 12.2 Å². The second kappa shape index (κ2) is 27.1. The number of carbonyl (C=O) groups is 4. The average Bonchev–Trinajstić information content (AvgIpc) is 2.51. The summed E-state index contributed by atoms with van der Waals surface area (Å²) in [4.78, 5) is 38.1. The Bertz CT molecular complexity index is 316. The number of esters is 1. The van der Waals surface area contributed by atoms with Gasteiger partial charge in [0.15, 0.2) is 0 Å². The van der Waals surface area contributed by atoms with E-state index in [0.717, 1.165) is 32.1 Å². The van der Waals surface area contributed by atoms with Gasteiger partial charge < -0.3 is 20.4 Å². The third kappa shape index (κ3) is 44.9. The third-order valence-corrected chi connectivity index (χ3v) is 2.45. The van der Waals surface area contributed by atoms with Crippen molar-refractivity contribution in [3.63, 3.8) is 0 Å². The molecule has 0 fully saturated rings. The van der Waals surface area contributed by atoms with Crippen LogP contribution in [0.5, 0.6) is 0 Å². The van der Waals surface area contributed by atoms with Crippen LogP contribution >= 0.6 is 0 Å². The van der Waals surface area contributed by atoms with Crippen LogP contribution in [0.1, 0.15) is 73.6 Å². The number of carboxylic acid groups (broad SMARTS) is 1. The molecule has 152 valence electrons. The zero-order valence-electron chi connectivity index (χ0n) is 15.0. The summed E-state index contributed by atoms with van der Waals surface area (Å²) in [7, 11) is 0. The van der Waals surface area contributed by atoms with Crippen molar-refractivity contribution < 1.29 is 39.6 Å². The highest BCUT2D eigenvalue weighted by Crippen LogP contribution is 2.03. The van der Waals surface area contributed by atoms with E-state index >= 15 is 0 Å². The Morgan fingerprint density at radius 3 is 1.64 bits per heavy atom. The van der Waals surface area contributed by atoms with Crippen LogP contribution in [0, 0.1) is 0 Å². The predicted molar refractivity (Wildman–Crippen MR) is 96.4 cm³/mol. The lowest BCUT2D eigenvalue weighted by atomic mass is 10.2. The van der Waals surface area contributed by atoms with Crippen LogP contribution in [0.4, 0.5) is 0 Å². The largest absolute Gasteiger partial charge is 0.476 e. The first-order valence-electron chi connectivity index (χ1n) is 7.76. The van der Waals surface area contributed by atoms with Crippen LogP contribution in [0.15, 0.2) is 0 Å². The van der Waals surface area contributed by atoms with Gasteiger partial charge in [-0.15, -0.1) is 0 Å². The number of hydrogen-bond acceptors (Lipinski definition) is 6.